The van der Waals surface area contributed by atoms with Crippen molar-refractivity contribution < 1.29 is 43.6 Å². The van der Waals surface area contributed by atoms with Crippen LogP contribution in [-0.2, 0) is 33.4 Å². The third kappa shape index (κ3) is 9.16. The number of carbonyl (C=O) groups is 4. The minimum atomic E-state index is -1.61. The number of rotatable bonds is 5. The van der Waals surface area contributed by atoms with E-state index in [0.717, 1.165) is 17.6 Å². The maximum absolute atomic E-state index is 14.9. The van der Waals surface area contributed by atoms with Crippen molar-refractivity contribution in [2.45, 2.75) is 163 Å². The predicted molar refractivity (Wildman–Crippen MR) is 205 cm³/mol. The Labute approximate surface area is 317 Å². The van der Waals surface area contributed by atoms with Crippen LogP contribution < -0.4 is 0 Å². The van der Waals surface area contributed by atoms with Crippen molar-refractivity contribution in [2.24, 2.45) is 34.5 Å². The Morgan fingerprint density at radius 1 is 1.00 bits per heavy atom. The summed E-state index contributed by atoms with van der Waals surface area (Å²) in [5.41, 5.74) is -0.564. The first kappa shape index (κ1) is 42.9. The Morgan fingerprint density at radius 2 is 1.68 bits per heavy atom. The standard InChI is InChI=1S/C44H66O9/c1-27(2)34-23-36(47)30(5)13-11-12-28(3)20-31(6)41(8)18-16-33-22-40(52-32(7)46)43(10,50)39-17-19-42(9,49)38(53-39)15-14-29(4)21-35(33)44(41,24-37(34)48)25-51-26-45/h13,16,20-21,26-27,31,34-35,38-40,49-50H,11-12,14-15,17-19,22-25H2,1-10H3/b28-20-,29-21+,30-13+/t31?,34-,35-,38-,39+,40-,41+,42+,43+,44-/m0/s1. The Hall–Kier alpha value is -2.88. The highest BCUT2D eigenvalue weighted by atomic mass is 16.6. The fraction of sp³-hybridized carbons (Fsp3) is 0.727. The van der Waals surface area contributed by atoms with Gasteiger partial charge in [-0.2, -0.15) is 0 Å². The van der Waals surface area contributed by atoms with Gasteiger partial charge in [0, 0.05) is 43.4 Å². The SMILES string of the molecule is CC(=O)O[C@H]1CC2=CC[C@]3(C)C(C)/C=C(/C)CC/C=C(\C)C(=O)C[C@@H](C(C)C)C(=O)C[C@]3(COC=O)[C@H]2/C=C(\C)CC[C@@H]2O[C@H](CC[C@@]2(C)O)[C@@]1(C)O. The number of Topliss-reactive ketones (excluding diaryl/α,β-unsaturated/α-hetero) is 2. The molecule has 0 saturated carbocycles. The number of fused-ring (bicyclic) bond motifs is 5. The second-order valence-electron chi connectivity index (χ2n) is 17.9. The number of hydrogen-bond acceptors (Lipinski definition) is 9. The van der Waals surface area contributed by atoms with E-state index < -0.39 is 58.1 Å². The van der Waals surface area contributed by atoms with Crippen LogP contribution in [0.5, 0.6) is 0 Å². The van der Waals surface area contributed by atoms with Gasteiger partial charge in [-0.3, -0.25) is 19.2 Å². The lowest BCUT2D eigenvalue weighted by Gasteiger charge is -2.58. The zero-order valence-electron chi connectivity index (χ0n) is 34.0. The predicted octanol–water partition coefficient (Wildman–Crippen LogP) is 7.72. The van der Waals surface area contributed by atoms with Crippen LogP contribution in [0, 0.1) is 34.5 Å². The van der Waals surface area contributed by atoms with Crippen molar-refractivity contribution in [3.8, 4) is 0 Å². The lowest BCUT2D eigenvalue weighted by molar-refractivity contribution is -0.239. The summed E-state index contributed by atoms with van der Waals surface area (Å²) in [7, 11) is 0. The molecule has 9 heteroatoms. The molecule has 2 aliphatic heterocycles. The van der Waals surface area contributed by atoms with Gasteiger partial charge in [-0.1, -0.05) is 68.7 Å². The quantitative estimate of drug-likeness (QED) is 0.165. The molecule has 2 N–H and O–H groups in total. The van der Waals surface area contributed by atoms with Crippen molar-refractivity contribution in [3.05, 3.63) is 46.6 Å². The Bertz CT molecular complexity index is 1510. The summed E-state index contributed by atoms with van der Waals surface area (Å²) in [4.78, 5) is 53.4. The van der Waals surface area contributed by atoms with E-state index in [-0.39, 0.29) is 49.3 Å². The van der Waals surface area contributed by atoms with Gasteiger partial charge in [-0.05, 0) is 102 Å². The molecule has 1 unspecified atom stereocenters. The Morgan fingerprint density at radius 3 is 2.32 bits per heavy atom. The van der Waals surface area contributed by atoms with Gasteiger partial charge in [0.15, 0.2) is 5.78 Å². The van der Waals surface area contributed by atoms with E-state index in [1.807, 2.05) is 33.8 Å². The highest BCUT2D eigenvalue weighted by molar-refractivity contribution is 5.98. The minimum Gasteiger partial charge on any atom is -0.467 e. The number of allylic oxidation sites excluding steroid dienone is 7. The van der Waals surface area contributed by atoms with Gasteiger partial charge in [0.25, 0.3) is 6.47 Å². The molecule has 296 valence electrons. The normalized spacial score (nSPS) is 42.3. The summed E-state index contributed by atoms with van der Waals surface area (Å²) >= 11 is 0. The molecule has 0 aromatic rings. The van der Waals surface area contributed by atoms with Crippen LogP contribution in [0.25, 0.3) is 0 Å². The summed E-state index contributed by atoms with van der Waals surface area (Å²) in [6.07, 6.45) is 10.6. The first-order valence-electron chi connectivity index (χ1n) is 19.8. The van der Waals surface area contributed by atoms with E-state index in [1.54, 1.807) is 13.8 Å². The van der Waals surface area contributed by atoms with Gasteiger partial charge in [0.05, 0.1) is 24.4 Å². The molecule has 2 aliphatic carbocycles. The van der Waals surface area contributed by atoms with Crippen LogP contribution in [0.3, 0.4) is 0 Å². The van der Waals surface area contributed by atoms with Crippen LogP contribution in [0.4, 0.5) is 0 Å². The van der Waals surface area contributed by atoms with Crippen LogP contribution in [0.15, 0.2) is 46.6 Å². The number of carbonyl (C=O) groups excluding carboxylic acids is 4. The summed E-state index contributed by atoms with van der Waals surface area (Å²) in [6.45, 7) is 19.4. The van der Waals surface area contributed by atoms with Crippen LogP contribution in [0.2, 0.25) is 0 Å². The van der Waals surface area contributed by atoms with Crippen LogP contribution in [-0.4, -0.2) is 70.3 Å². The van der Waals surface area contributed by atoms with Crippen LogP contribution >= 0.6 is 0 Å². The van der Waals surface area contributed by atoms with Gasteiger partial charge >= 0.3 is 5.97 Å². The van der Waals surface area contributed by atoms with Crippen molar-refractivity contribution in [3.63, 3.8) is 0 Å². The van der Waals surface area contributed by atoms with Gasteiger partial charge in [-0.15, -0.1) is 0 Å². The number of esters is 1. The van der Waals surface area contributed by atoms with Crippen molar-refractivity contribution >= 4 is 24.0 Å². The average molecular weight is 739 g/mol. The Balaban J connectivity index is 2.02. The third-order valence-corrected chi connectivity index (χ3v) is 13.6. The molecule has 0 aromatic heterocycles. The second kappa shape index (κ2) is 16.9. The summed E-state index contributed by atoms with van der Waals surface area (Å²) < 4.78 is 18.3. The maximum atomic E-state index is 14.9. The lowest BCUT2D eigenvalue weighted by Crippen LogP contribution is -2.60. The minimum absolute atomic E-state index is 0.0360. The molecule has 0 aromatic carbocycles. The smallest absolute Gasteiger partial charge is 0.303 e. The van der Waals surface area contributed by atoms with Crippen molar-refractivity contribution in [1.29, 1.82) is 0 Å². The van der Waals surface area contributed by atoms with Gasteiger partial charge in [0.2, 0.25) is 0 Å². The van der Waals surface area contributed by atoms with E-state index in [0.29, 0.717) is 50.6 Å². The Kier molecular flexibility index (Phi) is 13.6. The number of ether oxygens (including phenoxy) is 3. The molecule has 0 spiro atoms. The second-order valence-corrected chi connectivity index (χ2v) is 17.9. The fourth-order valence-electron chi connectivity index (χ4n) is 9.67. The summed E-state index contributed by atoms with van der Waals surface area (Å²) in [5.74, 6) is -1.79. The van der Waals surface area contributed by atoms with E-state index in [2.05, 4.69) is 39.0 Å². The molecule has 9 nitrogen and oxygen atoms in total. The molecule has 10 atom stereocenters. The molecular weight excluding hydrogens is 672 g/mol. The number of ketones is 2. The van der Waals surface area contributed by atoms with Crippen molar-refractivity contribution in [1.82, 2.24) is 0 Å². The molecule has 0 radical (unpaired) electrons. The van der Waals surface area contributed by atoms with Gasteiger partial charge < -0.3 is 24.4 Å². The molecule has 1 saturated heterocycles. The molecule has 2 heterocycles. The molecule has 4 rings (SSSR count). The average Bonchev–Trinajstić information content (AvgIpc) is 3.06. The van der Waals surface area contributed by atoms with Crippen molar-refractivity contribution in [2.75, 3.05) is 6.61 Å². The lowest BCUT2D eigenvalue weighted by atomic mass is 9.46. The van der Waals surface area contributed by atoms with E-state index >= 15 is 0 Å². The fourth-order valence-corrected chi connectivity index (χ4v) is 9.67. The van der Waals surface area contributed by atoms with E-state index in [4.69, 9.17) is 14.2 Å². The summed E-state index contributed by atoms with van der Waals surface area (Å²) in [5, 5.41) is 23.7. The highest BCUT2D eigenvalue weighted by Gasteiger charge is 2.60. The summed E-state index contributed by atoms with van der Waals surface area (Å²) in [6, 6.07) is 0. The topological polar surface area (TPSA) is 136 Å². The first-order valence-corrected chi connectivity index (χ1v) is 19.8. The van der Waals surface area contributed by atoms with E-state index in [1.165, 1.54) is 12.5 Å². The third-order valence-electron chi connectivity index (χ3n) is 13.6. The van der Waals surface area contributed by atoms with Gasteiger partial charge in [0.1, 0.15) is 17.5 Å². The molecule has 1 fully saturated rings. The maximum Gasteiger partial charge on any atom is 0.303 e. The molecular formula is C44H66O9. The molecule has 53 heavy (non-hydrogen) atoms. The largest absolute Gasteiger partial charge is 0.467 e. The zero-order chi connectivity index (χ0) is 39.5. The first-order chi connectivity index (χ1) is 24.7. The molecule has 2 bridgehead atoms. The number of hydrogen-bond donors (Lipinski definition) is 2. The number of aliphatic hydroxyl groups is 2. The molecule has 4 aliphatic rings. The van der Waals surface area contributed by atoms with Crippen LogP contribution in [0.1, 0.15) is 133 Å². The zero-order valence-corrected chi connectivity index (χ0v) is 34.0. The molecule has 0 amide bonds. The highest BCUT2D eigenvalue weighted by Crippen LogP contribution is 2.62. The van der Waals surface area contributed by atoms with E-state index in [9.17, 15) is 29.4 Å². The monoisotopic (exact) mass is 738 g/mol. The van der Waals surface area contributed by atoms with Gasteiger partial charge in [-0.25, -0.2) is 0 Å².